The number of ether oxygens (including phenoxy) is 1. The number of hydrogen-bond donors (Lipinski definition) is 3. The SMILES string of the molecule is Cc1ccc(C(CNC(=O)Nc2ccc(Cl)cc2)OCCO)cc1. The lowest BCUT2D eigenvalue weighted by Gasteiger charge is -2.19. The summed E-state index contributed by atoms with van der Waals surface area (Å²) in [4.78, 5) is 12.0. The molecule has 2 aromatic carbocycles. The van der Waals surface area contributed by atoms with Gasteiger partial charge >= 0.3 is 6.03 Å². The number of halogens is 1. The summed E-state index contributed by atoms with van der Waals surface area (Å²) in [6.07, 6.45) is -0.325. The maximum Gasteiger partial charge on any atom is 0.319 e. The number of hydrogen-bond acceptors (Lipinski definition) is 3. The van der Waals surface area contributed by atoms with E-state index in [1.165, 1.54) is 0 Å². The first kappa shape index (κ1) is 18.3. The Morgan fingerprint density at radius 3 is 2.46 bits per heavy atom. The second-order valence-corrected chi connectivity index (χ2v) is 5.77. The minimum atomic E-state index is -0.331. The number of benzene rings is 2. The van der Waals surface area contributed by atoms with Gasteiger partial charge in [0.25, 0.3) is 0 Å². The number of aliphatic hydroxyl groups is 1. The quantitative estimate of drug-likeness (QED) is 0.717. The number of amides is 2. The molecule has 0 bridgehead atoms. The van der Waals surface area contributed by atoms with E-state index in [1.54, 1.807) is 24.3 Å². The van der Waals surface area contributed by atoms with E-state index in [2.05, 4.69) is 10.6 Å². The molecule has 0 saturated carbocycles. The van der Waals surface area contributed by atoms with Crippen molar-refractivity contribution >= 4 is 23.3 Å². The number of carbonyl (C=O) groups excluding carboxylic acids is 1. The zero-order chi connectivity index (χ0) is 17.4. The summed E-state index contributed by atoms with van der Waals surface area (Å²) in [5.41, 5.74) is 2.74. The van der Waals surface area contributed by atoms with Crippen LogP contribution in [0.15, 0.2) is 48.5 Å². The monoisotopic (exact) mass is 348 g/mol. The molecule has 1 atom stereocenters. The van der Waals surface area contributed by atoms with Crippen LogP contribution >= 0.6 is 11.6 Å². The van der Waals surface area contributed by atoms with Gasteiger partial charge in [0.15, 0.2) is 0 Å². The Labute approximate surface area is 146 Å². The highest BCUT2D eigenvalue weighted by atomic mass is 35.5. The van der Waals surface area contributed by atoms with Crippen molar-refractivity contribution in [1.29, 1.82) is 0 Å². The Morgan fingerprint density at radius 2 is 1.83 bits per heavy atom. The third kappa shape index (κ3) is 5.85. The first-order valence-electron chi connectivity index (χ1n) is 7.68. The third-order valence-corrected chi connectivity index (χ3v) is 3.66. The van der Waals surface area contributed by atoms with Gasteiger partial charge in [-0.15, -0.1) is 0 Å². The Bertz CT molecular complexity index is 644. The summed E-state index contributed by atoms with van der Waals surface area (Å²) in [7, 11) is 0. The molecule has 24 heavy (non-hydrogen) atoms. The summed E-state index contributed by atoms with van der Waals surface area (Å²) in [5, 5.41) is 15.1. The fraction of sp³-hybridized carbons (Fsp3) is 0.278. The Balaban J connectivity index is 1.92. The molecule has 0 spiro atoms. The first-order chi connectivity index (χ1) is 11.6. The van der Waals surface area contributed by atoms with Crippen molar-refractivity contribution in [3.05, 3.63) is 64.7 Å². The summed E-state index contributed by atoms with van der Waals surface area (Å²) in [5.74, 6) is 0. The highest BCUT2D eigenvalue weighted by molar-refractivity contribution is 6.30. The number of urea groups is 1. The van der Waals surface area contributed by atoms with Crippen molar-refractivity contribution in [2.75, 3.05) is 25.1 Å². The van der Waals surface area contributed by atoms with Crippen molar-refractivity contribution < 1.29 is 14.6 Å². The standard InChI is InChI=1S/C18H21ClN2O3/c1-13-2-4-14(5-3-13)17(24-11-10-22)12-20-18(23)21-16-8-6-15(19)7-9-16/h2-9,17,22H,10-12H2,1H3,(H2,20,21,23). The van der Waals surface area contributed by atoms with Crippen LogP contribution in [0.4, 0.5) is 10.5 Å². The van der Waals surface area contributed by atoms with E-state index in [4.69, 9.17) is 21.4 Å². The Morgan fingerprint density at radius 1 is 1.17 bits per heavy atom. The van der Waals surface area contributed by atoms with E-state index in [0.29, 0.717) is 17.3 Å². The smallest absolute Gasteiger partial charge is 0.319 e. The lowest BCUT2D eigenvalue weighted by molar-refractivity contribution is 0.0297. The van der Waals surface area contributed by atoms with Gasteiger partial charge in [0.1, 0.15) is 0 Å². The van der Waals surface area contributed by atoms with Gasteiger partial charge in [0.2, 0.25) is 0 Å². The molecule has 1 unspecified atom stereocenters. The molecular weight excluding hydrogens is 328 g/mol. The van der Waals surface area contributed by atoms with E-state index in [1.807, 2.05) is 31.2 Å². The van der Waals surface area contributed by atoms with Crippen molar-refractivity contribution in [2.45, 2.75) is 13.0 Å². The normalized spacial score (nSPS) is 11.8. The number of carbonyl (C=O) groups is 1. The van der Waals surface area contributed by atoms with Crippen molar-refractivity contribution in [1.82, 2.24) is 5.32 Å². The van der Waals surface area contributed by atoms with Gasteiger partial charge in [0, 0.05) is 17.3 Å². The number of aliphatic hydroxyl groups excluding tert-OH is 1. The van der Waals surface area contributed by atoms with E-state index >= 15 is 0 Å². The zero-order valence-electron chi connectivity index (χ0n) is 13.5. The fourth-order valence-corrected chi connectivity index (χ4v) is 2.27. The molecule has 0 saturated heterocycles. The van der Waals surface area contributed by atoms with Gasteiger partial charge in [-0.1, -0.05) is 41.4 Å². The van der Waals surface area contributed by atoms with Gasteiger partial charge in [0.05, 0.1) is 19.3 Å². The van der Waals surface area contributed by atoms with Gasteiger partial charge in [-0.25, -0.2) is 4.79 Å². The van der Waals surface area contributed by atoms with Crippen molar-refractivity contribution in [3.8, 4) is 0 Å². The number of nitrogens with one attached hydrogen (secondary N) is 2. The highest BCUT2D eigenvalue weighted by Crippen LogP contribution is 2.17. The minimum absolute atomic E-state index is 0.0701. The molecule has 0 heterocycles. The van der Waals surface area contributed by atoms with E-state index in [0.717, 1.165) is 11.1 Å². The molecule has 128 valence electrons. The van der Waals surface area contributed by atoms with Crippen LogP contribution in [0.1, 0.15) is 17.2 Å². The lowest BCUT2D eigenvalue weighted by Crippen LogP contribution is -2.33. The van der Waals surface area contributed by atoms with E-state index in [-0.39, 0.29) is 25.3 Å². The van der Waals surface area contributed by atoms with Gasteiger partial charge in [-0.2, -0.15) is 0 Å². The maximum atomic E-state index is 12.0. The molecule has 6 heteroatoms. The topological polar surface area (TPSA) is 70.6 Å². The molecule has 2 rings (SSSR count). The van der Waals surface area contributed by atoms with E-state index in [9.17, 15) is 4.79 Å². The largest absolute Gasteiger partial charge is 0.394 e. The molecule has 0 aliphatic heterocycles. The third-order valence-electron chi connectivity index (χ3n) is 3.41. The second-order valence-electron chi connectivity index (χ2n) is 5.34. The van der Waals surface area contributed by atoms with Crippen LogP contribution in [0.2, 0.25) is 5.02 Å². The van der Waals surface area contributed by atoms with Gasteiger partial charge in [-0.3, -0.25) is 0 Å². The molecule has 0 fully saturated rings. The average Bonchev–Trinajstić information content (AvgIpc) is 2.58. The summed E-state index contributed by atoms with van der Waals surface area (Å²) < 4.78 is 5.62. The van der Waals surface area contributed by atoms with Crippen LogP contribution in [0, 0.1) is 6.92 Å². The summed E-state index contributed by atoms with van der Waals surface area (Å²) in [6.45, 7) is 2.44. The average molecular weight is 349 g/mol. The van der Waals surface area contributed by atoms with Crippen molar-refractivity contribution in [2.24, 2.45) is 0 Å². The van der Waals surface area contributed by atoms with Crippen LogP contribution < -0.4 is 10.6 Å². The van der Waals surface area contributed by atoms with Crippen LogP contribution in [0.5, 0.6) is 0 Å². The summed E-state index contributed by atoms with van der Waals surface area (Å²) in [6, 6.07) is 14.4. The number of rotatable bonds is 7. The fourth-order valence-electron chi connectivity index (χ4n) is 2.14. The Hall–Kier alpha value is -2.08. The molecule has 0 aromatic heterocycles. The lowest BCUT2D eigenvalue weighted by atomic mass is 10.1. The predicted octanol–water partition coefficient (Wildman–Crippen LogP) is 3.52. The minimum Gasteiger partial charge on any atom is -0.394 e. The van der Waals surface area contributed by atoms with Gasteiger partial charge in [-0.05, 0) is 36.8 Å². The van der Waals surface area contributed by atoms with E-state index < -0.39 is 0 Å². The molecule has 5 nitrogen and oxygen atoms in total. The molecule has 0 aliphatic carbocycles. The molecule has 3 N–H and O–H groups in total. The molecular formula is C18H21ClN2O3. The van der Waals surface area contributed by atoms with Crippen molar-refractivity contribution in [3.63, 3.8) is 0 Å². The van der Waals surface area contributed by atoms with Gasteiger partial charge < -0.3 is 20.5 Å². The van der Waals surface area contributed by atoms with Crippen LogP contribution in [0.3, 0.4) is 0 Å². The number of aryl methyl sites for hydroxylation is 1. The van der Waals surface area contributed by atoms with Crippen LogP contribution in [0.25, 0.3) is 0 Å². The number of anilines is 1. The predicted molar refractivity (Wildman–Crippen MR) is 95.4 cm³/mol. The first-order valence-corrected chi connectivity index (χ1v) is 8.05. The molecule has 0 radical (unpaired) electrons. The van der Waals surface area contributed by atoms with Crippen LogP contribution in [-0.4, -0.2) is 30.9 Å². The Kier molecular flexibility index (Phi) is 7.06. The summed E-state index contributed by atoms with van der Waals surface area (Å²) >= 11 is 5.81. The molecule has 2 aromatic rings. The molecule has 2 amide bonds. The highest BCUT2D eigenvalue weighted by Gasteiger charge is 2.13. The molecule has 0 aliphatic rings. The van der Waals surface area contributed by atoms with Crippen LogP contribution in [-0.2, 0) is 4.74 Å². The second kappa shape index (κ2) is 9.27. The maximum absolute atomic E-state index is 12.0. The zero-order valence-corrected chi connectivity index (χ0v) is 14.2.